The summed E-state index contributed by atoms with van der Waals surface area (Å²) in [6.07, 6.45) is 3.18. The van der Waals surface area contributed by atoms with E-state index in [0.717, 1.165) is 36.2 Å². The maximum Gasteiger partial charge on any atom is 0.255 e. The monoisotopic (exact) mass is 368 g/mol. The van der Waals surface area contributed by atoms with Crippen LogP contribution in [0.25, 0.3) is 0 Å². The molecule has 4 rings (SSSR count). The number of aromatic hydroxyl groups is 1. The maximum absolute atomic E-state index is 12.4. The molecule has 2 aromatic rings. The highest BCUT2D eigenvalue weighted by Gasteiger charge is 2.31. The van der Waals surface area contributed by atoms with Crippen molar-refractivity contribution < 1.29 is 14.7 Å². The molecule has 0 unspecified atom stereocenters. The Hall–Kier alpha value is -2.83. The summed E-state index contributed by atoms with van der Waals surface area (Å²) in [5.74, 6) is 0.112. The molecule has 1 aromatic heterocycles. The molecule has 1 saturated carbocycles. The van der Waals surface area contributed by atoms with E-state index in [1.807, 2.05) is 22.6 Å². The van der Waals surface area contributed by atoms with Crippen molar-refractivity contribution in [3.05, 3.63) is 46.8 Å². The SMILES string of the molecule is Cc1ccc(C(=O)NCc2cc3n(n2)CCN(C(=O)C2CCC2)C3)c(O)c1. The number of nitrogens with one attached hydrogen (secondary N) is 1. The maximum atomic E-state index is 12.4. The van der Waals surface area contributed by atoms with Crippen molar-refractivity contribution in [1.29, 1.82) is 0 Å². The first-order chi connectivity index (χ1) is 13.0. The highest BCUT2D eigenvalue weighted by molar-refractivity contribution is 5.96. The first-order valence-corrected chi connectivity index (χ1v) is 9.43. The van der Waals surface area contributed by atoms with Crippen LogP contribution >= 0.6 is 0 Å². The Kier molecular flexibility index (Phi) is 4.59. The number of phenolic OH excluding ortho intramolecular Hbond substituents is 1. The fourth-order valence-corrected chi connectivity index (χ4v) is 3.61. The van der Waals surface area contributed by atoms with Gasteiger partial charge in [0.1, 0.15) is 5.75 Å². The smallest absolute Gasteiger partial charge is 0.255 e. The van der Waals surface area contributed by atoms with E-state index >= 15 is 0 Å². The molecule has 1 aliphatic carbocycles. The molecule has 1 fully saturated rings. The lowest BCUT2D eigenvalue weighted by molar-refractivity contribution is -0.139. The Morgan fingerprint density at radius 2 is 2.07 bits per heavy atom. The number of fused-ring (bicyclic) bond motifs is 1. The van der Waals surface area contributed by atoms with Crippen LogP contribution in [0, 0.1) is 12.8 Å². The van der Waals surface area contributed by atoms with Gasteiger partial charge in [-0.1, -0.05) is 12.5 Å². The Labute approximate surface area is 158 Å². The molecule has 0 spiro atoms. The van der Waals surface area contributed by atoms with Crippen LogP contribution in [0.3, 0.4) is 0 Å². The second-order valence-electron chi connectivity index (χ2n) is 7.44. The third-order valence-corrected chi connectivity index (χ3v) is 5.44. The third-order valence-electron chi connectivity index (χ3n) is 5.44. The van der Waals surface area contributed by atoms with Crippen LogP contribution in [0.4, 0.5) is 0 Å². The van der Waals surface area contributed by atoms with Crippen LogP contribution in [-0.4, -0.2) is 38.1 Å². The second-order valence-corrected chi connectivity index (χ2v) is 7.44. The molecule has 7 nitrogen and oxygen atoms in total. The van der Waals surface area contributed by atoms with Gasteiger partial charge in [0.25, 0.3) is 5.91 Å². The van der Waals surface area contributed by atoms with Crippen molar-refractivity contribution in [3.63, 3.8) is 0 Å². The molecule has 142 valence electrons. The molecule has 0 atom stereocenters. The van der Waals surface area contributed by atoms with Crippen LogP contribution in [0.5, 0.6) is 5.75 Å². The molecule has 7 heteroatoms. The van der Waals surface area contributed by atoms with Crippen LogP contribution in [-0.2, 0) is 24.4 Å². The predicted octanol–water partition coefficient (Wildman–Crippen LogP) is 1.97. The van der Waals surface area contributed by atoms with Gasteiger partial charge >= 0.3 is 0 Å². The minimum atomic E-state index is -0.333. The first-order valence-electron chi connectivity index (χ1n) is 9.43. The molecule has 0 radical (unpaired) electrons. The average molecular weight is 368 g/mol. The fraction of sp³-hybridized carbons (Fsp3) is 0.450. The number of amides is 2. The molecule has 2 N–H and O–H groups in total. The van der Waals surface area contributed by atoms with Crippen molar-refractivity contribution in [2.75, 3.05) is 6.54 Å². The average Bonchev–Trinajstić information content (AvgIpc) is 3.00. The Balaban J connectivity index is 1.38. The predicted molar refractivity (Wildman–Crippen MR) is 99.0 cm³/mol. The lowest BCUT2D eigenvalue weighted by Gasteiger charge is -2.34. The number of hydrogen-bond donors (Lipinski definition) is 2. The molecule has 2 aliphatic rings. The largest absolute Gasteiger partial charge is 0.507 e. The van der Waals surface area contributed by atoms with Crippen molar-refractivity contribution in [2.24, 2.45) is 5.92 Å². The van der Waals surface area contributed by atoms with E-state index in [4.69, 9.17) is 0 Å². The number of nitrogens with zero attached hydrogens (tertiary/aromatic N) is 3. The Bertz CT molecular complexity index is 885. The molecule has 0 saturated heterocycles. The van der Waals surface area contributed by atoms with Crippen molar-refractivity contribution in [3.8, 4) is 5.75 Å². The topological polar surface area (TPSA) is 87.5 Å². The van der Waals surface area contributed by atoms with E-state index < -0.39 is 0 Å². The summed E-state index contributed by atoms with van der Waals surface area (Å²) in [4.78, 5) is 26.7. The summed E-state index contributed by atoms with van der Waals surface area (Å²) in [5, 5.41) is 17.3. The third kappa shape index (κ3) is 3.54. The molecule has 2 heterocycles. The Morgan fingerprint density at radius 1 is 1.26 bits per heavy atom. The number of phenols is 1. The first kappa shape index (κ1) is 17.6. The highest BCUT2D eigenvalue weighted by Crippen LogP contribution is 2.29. The van der Waals surface area contributed by atoms with E-state index in [1.165, 1.54) is 0 Å². The van der Waals surface area contributed by atoms with Crippen molar-refractivity contribution in [1.82, 2.24) is 20.0 Å². The second kappa shape index (κ2) is 7.06. The molecule has 27 heavy (non-hydrogen) atoms. The number of hydrogen-bond acceptors (Lipinski definition) is 4. The van der Waals surface area contributed by atoms with Gasteiger partial charge in [-0.2, -0.15) is 5.10 Å². The summed E-state index contributed by atoms with van der Waals surface area (Å²) < 4.78 is 1.91. The van der Waals surface area contributed by atoms with Gasteiger partial charge in [-0.05, 0) is 43.5 Å². The normalized spacial score (nSPS) is 16.6. The van der Waals surface area contributed by atoms with Crippen molar-refractivity contribution >= 4 is 11.8 Å². The summed E-state index contributed by atoms with van der Waals surface area (Å²) in [6.45, 7) is 4.08. The Morgan fingerprint density at radius 3 is 2.78 bits per heavy atom. The lowest BCUT2D eigenvalue weighted by atomic mass is 9.84. The summed E-state index contributed by atoms with van der Waals surface area (Å²) in [7, 11) is 0. The lowest BCUT2D eigenvalue weighted by Crippen LogP contribution is -2.43. The van der Waals surface area contributed by atoms with E-state index in [0.29, 0.717) is 19.6 Å². The summed E-state index contributed by atoms with van der Waals surface area (Å²) in [5.41, 5.74) is 2.90. The number of carbonyl (C=O) groups excluding carboxylic acids is 2. The van der Waals surface area contributed by atoms with Gasteiger partial charge in [-0.25, -0.2) is 0 Å². The highest BCUT2D eigenvalue weighted by atomic mass is 16.3. The zero-order valence-electron chi connectivity index (χ0n) is 15.4. The van der Waals surface area contributed by atoms with Crippen LogP contribution in [0.15, 0.2) is 24.3 Å². The van der Waals surface area contributed by atoms with Gasteiger partial charge in [0.05, 0.1) is 36.6 Å². The molecular formula is C20H24N4O3. The molecule has 0 bridgehead atoms. The standard InChI is InChI=1S/C20H24N4O3/c1-13-5-6-17(18(25)9-13)19(26)21-11-15-10-16-12-23(7-8-24(16)22-15)20(27)14-3-2-4-14/h5-6,9-10,14,25H,2-4,7-8,11-12H2,1H3,(H,21,26). The van der Waals surface area contributed by atoms with Crippen LogP contribution in [0.2, 0.25) is 0 Å². The van der Waals surface area contributed by atoms with Gasteiger partial charge in [0, 0.05) is 12.5 Å². The molecular weight excluding hydrogens is 344 g/mol. The zero-order chi connectivity index (χ0) is 19.0. The van der Waals surface area contributed by atoms with Gasteiger partial charge in [0.15, 0.2) is 0 Å². The van der Waals surface area contributed by atoms with E-state index in [1.54, 1.807) is 18.2 Å². The number of aromatic nitrogens is 2. The van der Waals surface area contributed by atoms with E-state index in [9.17, 15) is 14.7 Å². The van der Waals surface area contributed by atoms with Gasteiger partial charge in [-0.15, -0.1) is 0 Å². The zero-order valence-corrected chi connectivity index (χ0v) is 15.4. The van der Waals surface area contributed by atoms with Crippen LogP contribution in [0.1, 0.15) is 46.6 Å². The van der Waals surface area contributed by atoms with Gasteiger partial charge in [-0.3, -0.25) is 14.3 Å². The molecule has 2 amide bonds. The van der Waals surface area contributed by atoms with Crippen molar-refractivity contribution in [2.45, 2.75) is 45.8 Å². The quantitative estimate of drug-likeness (QED) is 0.864. The number of benzene rings is 1. The van der Waals surface area contributed by atoms with Gasteiger partial charge < -0.3 is 15.3 Å². The van der Waals surface area contributed by atoms with Gasteiger partial charge in [0.2, 0.25) is 5.91 Å². The number of aryl methyl sites for hydroxylation is 1. The number of rotatable bonds is 4. The minimum absolute atomic E-state index is 0.0261. The summed E-state index contributed by atoms with van der Waals surface area (Å²) >= 11 is 0. The molecule has 1 aromatic carbocycles. The minimum Gasteiger partial charge on any atom is -0.507 e. The number of carbonyl (C=O) groups is 2. The van der Waals surface area contributed by atoms with E-state index in [2.05, 4.69) is 10.4 Å². The van der Waals surface area contributed by atoms with Crippen LogP contribution < -0.4 is 5.32 Å². The van der Waals surface area contributed by atoms with E-state index in [-0.39, 0.29) is 35.6 Å². The molecule has 1 aliphatic heterocycles. The summed E-state index contributed by atoms with van der Waals surface area (Å²) in [6, 6.07) is 6.91. The fourth-order valence-electron chi connectivity index (χ4n) is 3.61.